The Balaban J connectivity index is 1.64. The summed E-state index contributed by atoms with van der Waals surface area (Å²) in [6.07, 6.45) is 6.71. The van der Waals surface area contributed by atoms with Gasteiger partial charge >= 0.3 is 0 Å². The number of nitrogens with two attached hydrogens (primary N) is 1. The lowest BCUT2D eigenvalue weighted by Crippen LogP contribution is -2.53. The summed E-state index contributed by atoms with van der Waals surface area (Å²) in [6, 6.07) is 4.03. The fourth-order valence-electron chi connectivity index (χ4n) is 4.02. The molecule has 1 saturated heterocycles. The Labute approximate surface area is 165 Å². The lowest BCUT2D eigenvalue weighted by molar-refractivity contribution is -0.134. The van der Waals surface area contributed by atoms with Crippen LogP contribution in [-0.4, -0.2) is 38.7 Å². The molecule has 2 unspecified atom stereocenters. The number of aromatic nitrogens is 3. The van der Waals surface area contributed by atoms with Crippen LogP contribution in [0.2, 0.25) is 0 Å². The van der Waals surface area contributed by atoms with E-state index in [0.29, 0.717) is 27.9 Å². The molecule has 9 heteroatoms. The van der Waals surface area contributed by atoms with E-state index in [-0.39, 0.29) is 24.7 Å². The molecule has 1 aromatic carbocycles. The molecule has 2 aliphatic rings. The first kappa shape index (κ1) is 17.4. The molecule has 29 heavy (non-hydrogen) atoms. The average molecular weight is 388 g/mol. The van der Waals surface area contributed by atoms with Crippen molar-refractivity contribution in [1.29, 1.82) is 0 Å². The molecule has 2 aromatic heterocycles. The summed E-state index contributed by atoms with van der Waals surface area (Å²) in [6.45, 7) is 0. The van der Waals surface area contributed by atoms with Crippen LogP contribution >= 0.6 is 0 Å². The lowest BCUT2D eigenvalue weighted by atomic mass is 9.99. The van der Waals surface area contributed by atoms with Gasteiger partial charge in [-0.1, -0.05) is 12.1 Å². The van der Waals surface area contributed by atoms with Crippen molar-refractivity contribution in [2.75, 3.05) is 4.90 Å². The number of pyridine rings is 1. The molecule has 3 amide bonds. The van der Waals surface area contributed by atoms with E-state index in [1.54, 1.807) is 30.7 Å². The molecule has 5 rings (SSSR count). The van der Waals surface area contributed by atoms with E-state index < -0.39 is 18.0 Å². The van der Waals surface area contributed by atoms with Crippen molar-refractivity contribution in [2.24, 2.45) is 5.73 Å². The number of hydrogen-bond acceptors (Lipinski definition) is 7. The summed E-state index contributed by atoms with van der Waals surface area (Å²) in [5.41, 5.74) is 8.75. The number of nitrogens with zero attached hydrogens (tertiary/aromatic N) is 4. The quantitative estimate of drug-likeness (QED) is 0.636. The number of rotatable bonds is 3. The second kappa shape index (κ2) is 6.42. The van der Waals surface area contributed by atoms with Gasteiger partial charge in [0.05, 0.1) is 23.6 Å². The van der Waals surface area contributed by atoms with Crippen molar-refractivity contribution in [3.8, 4) is 0 Å². The third-order valence-corrected chi connectivity index (χ3v) is 5.39. The van der Waals surface area contributed by atoms with Crippen molar-refractivity contribution >= 4 is 34.2 Å². The molecule has 0 bridgehead atoms. The van der Waals surface area contributed by atoms with Crippen molar-refractivity contribution in [1.82, 2.24) is 20.3 Å². The molecule has 144 valence electrons. The Bertz CT molecular complexity index is 1180. The van der Waals surface area contributed by atoms with Gasteiger partial charge in [-0.25, -0.2) is 9.97 Å². The van der Waals surface area contributed by atoms with Crippen molar-refractivity contribution < 1.29 is 14.4 Å². The summed E-state index contributed by atoms with van der Waals surface area (Å²) < 4.78 is 0. The summed E-state index contributed by atoms with van der Waals surface area (Å²) >= 11 is 0. The maximum absolute atomic E-state index is 13.1. The number of carbonyl (C=O) groups excluding carboxylic acids is 3. The Morgan fingerprint density at radius 3 is 2.69 bits per heavy atom. The van der Waals surface area contributed by atoms with Crippen LogP contribution in [0, 0.1) is 0 Å². The first-order valence-corrected chi connectivity index (χ1v) is 9.15. The van der Waals surface area contributed by atoms with Crippen LogP contribution in [0.3, 0.4) is 0 Å². The van der Waals surface area contributed by atoms with Gasteiger partial charge in [-0.2, -0.15) is 0 Å². The Kier molecular flexibility index (Phi) is 3.85. The molecule has 3 N–H and O–H groups in total. The van der Waals surface area contributed by atoms with Gasteiger partial charge in [-0.3, -0.25) is 29.6 Å². The number of imide groups is 1. The minimum Gasteiger partial charge on any atom is -0.319 e. The normalized spacial score (nSPS) is 19.6. The van der Waals surface area contributed by atoms with Crippen LogP contribution in [0.15, 0.2) is 43.1 Å². The molecule has 3 aromatic rings. The summed E-state index contributed by atoms with van der Waals surface area (Å²) in [5, 5.41) is 3.75. The molecule has 2 aliphatic heterocycles. The molecule has 0 aliphatic carbocycles. The number of carbonyl (C=O) groups is 3. The molecule has 0 radical (unpaired) electrons. The van der Waals surface area contributed by atoms with E-state index in [1.807, 2.05) is 6.07 Å². The average Bonchev–Trinajstić information content (AvgIpc) is 3.02. The largest absolute Gasteiger partial charge is 0.319 e. The van der Waals surface area contributed by atoms with Crippen LogP contribution in [0.25, 0.3) is 10.8 Å². The van der Waals surface area contributed by atoms with Crippen LogP contribution in [-0.2, 0) is 9.59 Å². The predicted octanol–water partition coefficient (Wildman–Crippen LogP) is 0.838. The van der Waals surface area contributed by atoms with E-state index >= 15 is 0 Å². The number of amides is 3. The van der Waals surface area contributed by atoms with Gasteiger partial charge in [0.1, 0.15) is 12.4 Å². The van der Waals surface area contributed by atoms with E-state index in [4.69, 9.17) is 5.73 Å². The summed E-state index contributed by atoms with van der Waals surface area (Å²) in [4.78, 5) is 51.0. The van der Waals surface area contributed by atoms with E-state index in [2.05, 4.69) is 20.3 Å². The second-order valence-corrected chi connectivity index (χ2v) is 7.05. The highest BCUT2D eigenvalue weighted by Gasteiger charge is 2.41. The third-order valence-electron chi connectivity index (χ3n) is 5.39. The lowest BCUT2D eigenvalue weighted by Gasteiger charge is -2.30. The van der Waals surface area contributed by atoms with Crippen molar-refractivity contribution in [2.45, 2.75) is 24.9 Å². The van der Waals surface area contributed by atoms with Crippen molar-refractivity contribution in [3.05, 3.63) is 59.9 Å². The van der Waals surface area contributed by atoms with Crippen LogP contribution in [0.4, 0.5) is 5.69 Å². The van der Waals surface area contributed by atoms with Crippen LogP contribution in [0.5, 0.6) is 0 Å². The maximum atomic E-state index is 13.1. The van der Waals surface area contributed by atoms with E-state index in [1.165, 1.54) is 11.2 Å². The highest BCUT2D eigenvalue weighted by Crippen LogP contribution is 2.41. The standard InChI is InChI=1S/C20H16N6O3/c21-17(10-6-22-9-23-7-10)18-11-2-1-3-12-16(11)14(8-24-18)26(20(12)29)13-4-5-15(27)25-19(13)28/h1-3,6-9,13,17H,4-5,21H2,(H,25,27,28). The molecule has 4 heterocycles. The van der Waals surface area contributed by atoms with Gasteiger partial charge in [0.15, 0.2) is 0 Å². The zero-order chi connectivity index (χ0) is 20.1. The summed E-state index contributed by atoms with van der Waals surface area (Å²) in [7, 11) is 0. The number of benzene rings is 1. The number of nitrogens with one attached hydrogen (secondary N) is 1. The summed E-state index contributed by atoms with van der Waals surface area (Å²) in [5.74, 6) is -1.08. The predicted molar refractivity (Wildman–Crippen MR) is 103 cm³/mol. The van der Waals surface area contributed by atoms with Gasteiger partial charge < -0.3 is 5.73 Å². The first-order chi connectivity index (χ1) is 14.1. The number of piperidine rings is 1. The highest BCUT2D eigenvalue weighted by molar-refractivity contribution is 6.27. The first-order valence-electron chi connectivity index (χ1n) is 9.15. The second-order valence-electron chi connectivity index (χ2n) is 7.05. The van der Waals surface area contributed by atoms with Gasteiger partial charge in [-0.15, -0.1) is 0 Å². The molecular weight excluding hydrogens is 372 g/mol. The molecule has 0 saturated carbocycles. The van der Waals surface area contributed by atoms with E-state index in [9.17, 15) is 14.4 Å². The molecular formula is C20H16N6O3. The molecule has 9 nitrogen and oxygen atoms in total. The highest BCUT2D eigenvalue weighted by atomic mass is 16.2. The number of anilines is 1. The minimum absolute atomic E-state index is 0.185. The Morgan fingerprint density at radius 2 is 1.93 bits per heavy atom. The van der Waals surface area contributed by atoms with Crippen molar-refractivity contribution in [3.63, 3.8) is 0 Å². The number of hydrogen-bond donors (Lipinski definition) is 2. The van der Waals surface area contributed by atoms with Crippen LogP contribution in [0.1, 0.15) is 40.5 Å². The topological polar surface area (TPSA) is 131 Å². The molecule has 0 spiro atoms. The Morgan fingerprint density at radius 1 is 1.14 bits per heavy atom. The SMILES string of the molecule is NC(c1cncnc1)c1ncc2c3c(cccc13)C(=O)N2C1CCC(=O)NC1=O. The van der Waals surface area contributed by atoms with Gasteiger partial charge in [-0.05, 0) is 12.5 Å². The van der Waals surface area contributed by atoms with Gasteiger partial charge in [0.25, 0.3) is 5.91 Å². The zero-order valence-corrected chi connectivity index (χ0v) is 15.2. The molecule has 2 atom stereocenters. The van der Waals surface area contributed by atoms with E-state index in [0.717, 1.165) is 5.39 Å². The third kappa shape index (κ3) is 2.59. The monoisotopic (exact) mass is 388 g/mol. The molecule has 1 fully saturated rings. The fraction of sp³-hybridized carbons (Fsp3) is 0.200. The maximum Gasteiger partial charge on any atom is 0.259 e. The minimum atomic E-state index is -0.750. The van der Waals surface area contributed by atoms with Gasteiger partial charge in [0, 0.05) is 40.7 Å². The smallest absolute Gasteiger partial charge is 0.259 e. The fourth-order valence-corrected chi connectivity index (χ4v) is 4.02. The van der Waals surface area contributed by atoms with Crippen LogP contribution < -0.4 is 16.0 Å². The zero-order valence-electron chi connectivity index (χ0n) is 15.2. The Hall–Kier alpha value is -3.72. The van der Waals surface area contributed by atoms with Gasteiger partial charge in [0.2, 0.25) is 11.8 Å².